The van der Waals surface area contributed by atoms with E-state index in [0.29, 0.717) is 12.1 Å². The first-order chi connectivity index (χ1) is 9.79. The molecular formula is C12H7F3N2O4. The zero-order valence-electron chi connectivity index (χ0n) is 10.1. The Morgan fingerprint density at radius 1 is 1.24 bits per heavy atom. The molecule has 0 atom stereocenters. The lowest BCUT2D eigenvalue weighted by Gasteiger charge is -2.11. The summed E-state index contributed by atoms with van der Waals surface area (Å²) in [6, 6.07) is 3.20. The van der Waals surface area contributed by atoms with Crippen LogP contribution >= 0.6 is 0 Å². The van der Waals surface area contributed by atoms with Gasteiger partial charge in [-0.2, -0.15) is 13.2 Å². The average Bonchev–Trinajstić information content (AvgIpc) is 2.91. The van der Waals surface area contributed by atoms with Crippen LogP contribution in [0.3, 0.4) is 0 Å². The van der Waals surface area contributed by atoms with Gasteiger partial charge in [0.15, 0.2) is 0 Å². The molecule has 0 aliphatic heterocycles. The number of alkyl halides is 3. The Morgan fingerprint density at radius 2 is 1.95 bits per heavy atom. The Hall–Kier alpha value is -2.84. The van der Waals surface area contributed by atoms with Gasteiger partial charge in [-0.25, -0.2) is 4.79 Å². The van der Waals surface area contributed by atoms with Gasteiger partial charge in [0, 0.05) is 6.07 Å². The number of aromatic carboxylic acids is 1. The van der Waals surface area contributed by atoms with E-state index in [-0.39, 0.29) is 11.4 Å². The normalized spacial score (nSPS) is 11.2. The maximum absolute atomic E-state index is 12.5. The van der Waals surface area contributed by atoms with Crippen molar-refractivity contribution in [3.63, 3.8) is 0 Å². The van der Waals surface area contributed by atoms with E-state index in [1.54, 1.807) is 0 Å². The summed E-state index contributed by atoms with van der Waals surface area (Å²) in [5.41, 5.74) is -2.09. The van der Waals surface area contributed by atoms with Crippen LogP contribution in [0.15, 0.2) is 35.0 Å². The fraction of sp³-hybridized carbons (Fsp3) is 0.0833. The second-order valence-corrected chi connectivity index (χ2v) is 3.89. The molecule has 1 amide bonds. The van der Waals surface area contributed by atoms with Crippen molar-refractivity contribution in [3.05, 3.63) is 47.3 Å². The summed E-state index contributed by atoms with van der Waals surface area (Å²) in [4.78, 5) is 22.7. The number of benzene rings is 1. The number of carboxylic acids is 1. The van der Waals surface area contributed by atoms with Crippen molar-refractivity contribution in [2.75, 3.05) is 5.32 Å². The van der Waals surface area contributed by atoms with Crippen molar-refractivity contribution in [1.82, 2.24) is 5.16 Å². The highest BCUT2D eigenvalue weighted by Gasteiger charge is 2.32. The monoisotopic (exact) mass is 300 g/mol. The van der Waals surface area contributed by atoms with Crippen molar-refractivity contribution in [1.29, 1.82) is 0 Å². The zero-order chi connectivity index (χ0) is 15.6. The Bertz CT molecular complexity index is 680. The Balaban J connectivity index is 2.35. The van der Waals surface area contributed by atoms with Crippen LogP contribution in [0.25, 0.3) is 0 Å². The van der Waals surface area contributed by atoms with E-state index in [4.69, 9.17) is 5.11 Å². The predicted octanol–water partition coefficient (Wildman–Crippen LogP) is 2.64. The summed E-state index contributed by atoms with van der Waals surface area (Å²) in [7, 11) is 0. The van der Waals surface area contributed by atoms with Crippen LogP contribution in [0, 0.1) is 0 Å². The second-order valence-electron chi connectivity index (χ2n) is 3.89. The maximum Gasteiger partial charge on any atom is 0.416 e. The van der Waals surface area contributed by atoms with Gasteiger partial charge in [0.2, 0.25) is 5.76 Å². The van der Waals surface area contributed by atoms with Crippen LogP contribution in [-0.4, -0.2) is 22.1 Å². The summed E-state index contributed by atoms with van der Waals surface area (Å²) < 4.78 is 42.2. The number of hydrogen-bond donors (Lipinski definition) is 2. The molecule has 2 rings (SSSR count). The maximum atomic E-state index is 12.5. The van der Waals surface area contributed by atoms with E-state index in [9.17, 15) is 22.8 Å². The minimum atomic E-state index is -4.68. The molecule has 1 aromatic heterocycles. The largest absolute Gasteiger partial charge is 0.478 e. The first-order valence-electron chi connectivity index (χ1n) is 5.45. The van der Waals surface area contributed by atoms with Crippen LogP contribution in [0.5, 0.6) is 0 Å². The van der Waals surface area contributed by atoms with Crippen molar-refractivity contribution in [2.24, 2.45) is 0 Å². The minimum absolute atomic E-state index is 0.203. The van der Waals surface area contributed by atoms with Crippen molar-refractivity contribution in [3.8, 4) is 0 Å². The molecule has 110 valence electrons. The van der Waals surface area contributed by atoms with Gasteiger partial charge in [0.1, 0.15) is 0 Å². The van der Waals surface area contributed by atoms with Gasteiger partial charge in [0.25, 0.3) is 5.91 Å². The van der Waals surface area contributed by atoms with Gasteiger partial charge in [-0.15, -0.1) is 0 Å². The number of aromatic nitrogens is 1. The highest BCUT2D eigenvalue weighted by molar-refractivity contribution is 6.06. The van der Waals surface area contributed by atoms with Crippen LogP contribution in [-0.2, 0) is 6.18 Å². The molecule has 0 saturated heterocycles. The van der Waals surface area contributed by atoms with Crippen molar-refractivity contribution in [2.45, 2.75) is 6.18 Å². The van der Waals surface area contributed by atoms with E-state index >= 15 is 0 Å². The third-order valence-corrected chi connectivity index (χ3v) is 2.49. The molecule has 0 fully saturated rings. The van der Waals surface area contributed by atoms with E-state index in [2.05, 4.69) is 15.0 Å². The Morgan fingerprint density at radius 3 is 2.48 bits per heavy atom. The Labute approximate surface area is 115 Å². The molecule has 6 nitrogen and oxygen atoms in total. The van der Waals surface area contributed by atoms with Crippen LogP contribution in [0.2, 0.25) is 0 Å². The van der Waals surface area contributed by atoms with E-state index in [1.807, 2.05) is 0 Å². The van der Waals surface area contributed by atoms with Crippen LogP contribution in [0.4, 0.5) is 18.9 Å². The summed E-state index contributed by atoms with van der Waals surface area (Å²) in [5.74, 6) is -2.63. The standard InChI is InChI=1S/C12H7F3N2O4/c13-12(14,15)6-1-2-8(7(5-6)11(19)20)17-10(18)9-3-4-16-21-9/h1-5H,(H,17,18)(H,19,20). The predicted molar refractivity (Wildman–Crippen MR) is 62.9 cm³/mol. The number of rotatable bonds is 3. The van der Waals surface area contributed by atoms with Crippen LogP contribution in [0.1, 0.15) is 26.5 Å². The molecule has 1 aromatic carbocycles. The van der Waals surface area contributed by atoms with Crippen molar-refractivity contribution >= 4 is 17.6 Å². The number of hydrogen-bond acceptors (Lipinski definition) is 4. The molecule has 9 heteroatoms. The molecule has 0 aliphatic carbocycles. The minimum Gasteiger partial charge on any atom is -0.478 e. The fourth-order valence-corrected chi connectivity index (χ4v) is 1.52. The lowest BCUT2D eigenvalue weighted by Crippen LogP contribution is -2.15. The smallest absolute Gasteiger partial charge is 0.416 e. The third-order valence-electron chi connectivity index (χ3n) is 2.49. The van der Waals surface area contributed by atoms with Gasteiger partial charge in [-0.1, -0.05) is 5.16 Å². The van der Waals surface area contributed by atoms with E-state index in [1.165, 1.54) is 12.3 Å². The number of carboxylic acid groups (broad SMARTS) is 1. The number of halogens is 3. The van der Waals surface area contributed by atoms with Gasteiger partial charge in [-0.05, 0) is 18.2 Å². The molecule has 0 saturated carbocycles. The van der Waals surface area contributed by atoms with E-state index < -0.39 is 29.2 Å². The first-order valence-corrected chi connectivity index (χ1v) is 5.45. The lowest BCUT2D eigenvalue weighted by atomic mass is 10.1. The van der Waals surface area contributed by atoms with Crippen LogP contribution < -0.4 is 5.32 Å². The summed E-state index contributed by atoms with van der Waals surface area (Å²) in [5, 5.41) is 14.4. The number of nitrogens with one attached hydrogen (secondary N) is 1. The molecule has 0 radical (unpaired) electrons. The molecule has 0 aliphatic rings. The molecule has 1 heterocycles. The van der Waals surface area contributed by atoms with Gasteiger partial charge in [-0.3, -0.25) is 4.79 Å². The highest BCUT2D eigenvalue weighted by atomic mass is 19.4. The SMILES string of the molecule is O=C(Nc1ccc(C(F)(F)F)cc1C(=O)O)c1ccno1. The Kier molecular flexibility index (Phi) is 3.66. The lowest BCUT2D eigenvalue weighted by molar-refractivity contribution is -0.137. The summed E-state index contributed by atoms with van der Waals surface area (Å²) in [6.07, 6.45) is -3.49. The molecule has 21 heavy (non-hydrogen) atoms. The zero-order valence-corrected chi connectivity index (χ0v) is 10.1. The van der Waals surface area contributed by atoms with Crippen molar-refractivity contribution < 1.29 is 32.4 Å². The number of carbonyl (C=O) groups excluding carboxylic acids is 1. The summed E-state index contributed by atoms with van der Waals surface area (Å²) >= 11 is 0. The second kappa shape index (κ2) is 5.27. The number of anilines is 1. The molecule has 0 bridgehead atoms. The number of amides is 1. The van der Waals surface area contributed by atoms with Gasteiger partial charge in [0.05, 0.1) is 23.0 Å². The van der Waals surface area contributed by atoms with Gasteiger partial charge >= 0.3 is 12.1 Å². The van der Waals surface area contributed by atoms with E-state index in [0.717, 1.165) is 6.07 Å². The molecular weight excluding hydrogens is 293 g/mol. The fourth-order valence-electron chi connectivity index (χ4n) is 1.52. The molecule has 0 spiro atoms. The number of carbonyl (C=O) groups is 2. The summed E-state index contributed by atoms with van der Waals surface area (Å²) in [6.45, 7) is 0. The van der Waals surface area contributed by atoms with Gasteiger partial charge < -0.3 is 14.9 Å². The third kappa shape index (κ3) is 3.19. The molecule has 2 aromatic rings. The number of nitrogens with zero attached hydrogens (tertiary/aromatic N) is 1. The average molecular weight is 300 g/mol. The quantitative estimate of drug-likeness (QED) is 0.909. The first kappa shape index (κ1) is 14.6. The topological polar surface area (TPSA) is 92.4 Å². The molecule has 2 N–H and O–H groups in total. The molecule has 0 unspecified atom stereocenters. The highest BCUT2D eigenvalue weighted by Crippen LogP contribution is 2.32.